The smallest absolute Gasteiger partial charge is 0.247 e. The molecule has 0 spiro atoms. The fourth-order valence-corrected chi connectivity index (χ4v) is 5.39. The zero-order valence-electron chi connectivity index (χ0n) is 24.2. The van der Waals surface area contributed by atoms with Crippen molar-refractivity contribution in [2.75, 3.05) is 35.6 Å². The van der Waals surface area contributed by atoms with E-state index in [9.17, 15) is 9.90 Å². The van der Waals surface area contributed by atoms with E-state index in [2.05, 4.69) is 58.9 Å². The molecule has 1 aliphatic rings. The van der Waals surface area contributed by atoms with Crippen molar-refractivity contribution in [2.45, 2.75) is 32.4 Å². The van der Waals surface area contributed by atoms with E-state index >= 15 is 0 Å². The predicted molar refractivity (Wildman–Crippen MR) is 169 cm³/mol. The molecule has 0 radical (unpaired) electrons. The van der Waals surface area contributed by atoms with Gasteiger partial charge in [-0.15, -0.1) is 0 Å². The molecule has 5 N–H and O–H groups in total. The van der Waals surface area contributed by atoms with Crippen LogP contribution in [-0.4, -0.2) is 61.3 Å². The zero-order valence-corrected chi connectivity index (χ0v) is 24.2. The molecule has 4 heterocycles. The number of nitrogens with zero attached hydrogens (tertiary/aromatic N) is 5. The minimum Gasteiger partial charge on any atom is -0.391 e. The molecule has 6 rings (SSSR count). The van der Waals surface area contributed by atoms with Gasteiger partial charge in [0, 0.05) is 60.5 Å². The zero-order chi connectivity index (χ0) is 29.9. The topological polar surface area (TPSA) is 141 Å². The number of aliphatic hydroxyl groups is 1. The number of hydrogen-bond donors (Lipinski definition) is 5. The third-order valence-corrected chi connectivity index (χ3v) is 7.77. The van der Waals surface area contributed by atoms with Crippen molar-refractivity contribution in [3.63, 3.8) is 0 Å². The summed E-state index contributed by atoms with van der Waals surface area (Å²) in [7, 11) is 0. The van der Waals surface area contributed by atoms with E-state index in [4.69, 9.17) is 15.0 Å². The van der Waals surface area contributed by atoms with Gasteiger partial charge in [-0.1, -0.05) is 50.8 Å². The van der Waals surface area contributed by atoms with Gasteiger partial charge in [0.25, 0.3) is 0 Å². The molecule has 2 atom stereocenters. The Morgan fingerprint density at radius 3 is 2.81 bits per heavy atom. The van der Waals surface area contributed by atoms with E-state index < -0.39 is 6.10 Å². The van der Waals surface area contributed by atoms with E-state index in [1.165, 1.54) is 6.08 Å². The van der Waals surface area contributed by atoms with Crippen LogP contribution in [0.25, 0.3) is 27.7 Å². The van der Waals surface area contributed by atoms with Crippen LogP contribution in [-0.2, 0) is 11.3 Å². The lowest BCUT2D eigenvalue weighted by molar-refractivity contribution is -0.111. The largest absolute Gasteiger partial charge is 0.391 e. The van der Waals surface area contributed by atoms with Crippen molar-refractivity contribution in [2.24, 2.45) is 5.92 Å². The van der Waals surface area contributed by atoms with Gasteiger partial charge < -0.3 is 26.4 Å². The number of aromatic nitrogens is 5. The molecular weight excluding hydrogens is 542 g/mol. The Bertz CT molecular complexity index is 1800. The number of carbonyl (C=O) groups is 1. The first-order valence-electron chi connectivity index (χ1n) is 14.4. The van der Waals surface area contributed by atoms with Gasteiger partial charge in [0.2, 0.25) is 17.8 Å². The van der Waals surface area contributed by atoms with Crippen LogP contribution in [0.4, 0.5) is 17.6 Å². The number of amides is 1. The fourth-order valence-electron chi connectivity index (χ4n) is 5.39. The van der Waals surface area contributed by atoms with Crippen molar-refractivity contribution in [3.05, 3.63) is 84.7 Å². The number of pyridine rings is 1. The van der Waals surface area contributed by atoms with Crippen LogP contribution in [0, 0.1) is 5.92 Å². The summed E-state index contributed by atoms with van der Waals surface area (Å²) >= 11 is 0. The van der Waals surface area contributed by atoms with E-state index in [1.54, 1.807) is 10.7 Å². The minimum atomic E-state index is -0.397. The predicted octanol–water partition coefficient (Wildman–Crippen LogP) is 4.19. The van der Waals surface area contributed by atoms with Crippen molar-refractivity contribution >= 4 is 39.9 Å². The molecule has 0 aliphatic carbocycles. The van der Waals surface area contributed by atoms with Gasteiger partial charge in [0.05, 0.1) is 18.0 Å². The molecule has 0 bridgehead atoms. The lowest BCUT2D eigenvalue weighted by atomic mass is 9.99. The number of benzene rings is 2. The summed E-state index contributed by atoms with van der Waals surface area (Å²) in [5, 5.41) is 29.6. The standard InChI is InChI=1S/C32H35N9O2/c1-4-28(43)38-23-9-10-25-20(13-23)11-12-34-29(25)24-8-6-5-7-21(24)15-36-32-40-31(35-16-22-14-33-18-27(22)42)39-30-26(19(2)3)17-37-41(30)32/h4-13,17,19,22,27,33,42H,1,14-16,18H2,2-3H3,(H,38,43)(H2,35,36,39,40)/t22-,27+/m1/s1. The van der Waals surface area contributed by atoms with Crippen LogP contribution >= 0.6 is 0 Å². The van der Waals surface area contributed by atoms with E-state index in [-0.39, 0.29) is 17.7 Å². The summed E-state index contributed by atoms with van der Waals surface area (Å²) in [4.78, 5) is 26.1. The summed E-state index contributed by atoms with van der Waals surface area (Å²) < 4.78 is 1.74. The van der Waals surface area contributed by atoms with Crippen LogP contribution in [0.1, 0.15) is 30.9 Å². The molecule has 2 aromatic carbocycles. The monoisotopic (exact) mass is 577 g/mol. The molecular formula is C32H35N9O2. The Kier molecular flexibility index (Phi) is 7.99. The first-order chi connectivity index (χ1) is 20.9. The molecule has 1 fully saturated rings. The molecule has 1 aliphatic heterocycles. The lowest BCUT2D eigenvalue weighted by Gasteiger charge is -2.16. The van der Waals surface area contributed by atoms with Crippen LogP contribution < -0.4 is 21.3 Å². The van der Waals surface area contributed by atoms with Gasteiger partial charge in [-0.05, 0) is 41.1 Å². The number of aliphatic hydroxyl groups excluding tert-OH is 1. The second-order valence-electron chi connectivity index (χ2n) is 11.0. The molecule has 11 heteroatoms. The Balaban J connectivity index is 1.30. The normalized spacial score (nSPS) is 16.6. The van der Waals surface area contributed by atoms with Gasteiger partial charge in [-0.25, -0.2) is 0 Å². The Hall–Kier alpha value is -4.87. The second kappa shape index (κ2) is 12.2. The molecule has 11 nitrogen and oxygen atoms in total. The van der Waals surface area contributed by atoms with Gasteiger partial charge >= 0.3 is 0 Å². The minimum absolute atomic E-state index is 0.0834. The number of anilines is 3. The Morgan fingerprint density at radius 2 is 2.02 bits per heavy atom. The van der Waals surface area contributed by atoms with Crippen molar-refractivity contribution in [1.82, 2.24) is 29.9 Å². The third kappa shape index (κ3) is 5.90. The first-order valence-corrected chi connectivity index (χ1v) is 14.4. The summed E-state index contributed by atoms with van der Waals surface area (Å²) in [6.45, 7) is 10.1. The highest BCUT2D eigenvalue weighted by molar-refractivity contribution is 6.02. The number of carbonyl (C=O) groups excluding carboxylic acids is 1. The molecule has 5 aromatic rings. The molecule has 1 saturated heterocycles. The third-order valence-electron chi connectivity index (χ3n) is 7.77. The van der Waals surface area contributed by atoms with Crippen LogP contribution in [0.15, 0.2) is 73.6 Å². The van der Waals surface area contributed by atoms with Crippen LogP contribution in [0.2, 0.25) is 0 Å². The maximum absolute atomic E-state index is 11.8. The summed E-state index contributed by atoms with van der Waals surface area (Å²) in [6, 6.07) is 15.8. The van der Waals surface area contributed by atoms with Gasteiger partial charge in [0.1, 0.15) is 0 Å². The maximum Gasteiger partial charge on any atom is 0.247 e. The fraction of sp³-hybridized carbons (Fsp3) is 0.281. The second-order valence-corrected chi connectivity index (χ2v) is 11.0. The average Bonchev–Trinajstić information content (AvgIpc) is 3.64. The Morgan fingerprint density at radius 1 is 1.16 bits per heavy atom. The lowest BCUT2D eigenvalue weighted by Crippen LogP contribution is -2.26. The number of fused-ring (bicyclic) bond motifs is 2. The van der Waals surface area contributed by atoms with Gasteiger partial charge in [0.15, 0.2) is 5.65 Å². The van der Waals surface area contributed by atoms with Crippen molar-refractivity contribution in [3.8, 4) is 11.3 Å². The van der Waals surface area contributed by atoms with Crippen LogP contribution in [0.3, 0.4) is 0 Å². The van der Waals surface area contributed by atoms with E-state index in [1.807, 2.05) is 42.6 Å². The highest BCUT2D eigenvalue weighted by Crippen LogP contribution is 2.31. The molecule has 0 saturated carbocycles. The van der Waals surface area contributed by atoms with Crippen molar-refractivity contribution < 1.29 is 9.90 Å². The SMILES string of the molecule is C=CC(=O)Nc1ccc2c(-c3ccccc3CNc3nc(NC[C@H]4CNC[C@@H]4O)nc4c(C(C)C)cnn34)nccc2c1. The first kappa shape index (κ1) is 28.3. The molecule has 43 heavy (non-hydrogen) atoms. The summed E-state index contributed by atoms with van der Waals surface area (Å²) in [5.74, 6) is 1.11. The summed E-state index contributed by atoms with van der Waals surface area (Å²) in [6.07, 6.45) is 4.47. The highest BCUT2D eigenvalue weighted by atomic mass is 16.3. The van der Waals surface area contributed by atoms with Gasteiger partial charge in [-0.3, -0.25) is 9.78 Å². The number of β-amino-alcohol motifs (C(OH)–C–C–N with tert-alkyl or cyclic N) is 1. The quantitative estimate of drug-likeness (QED) is 0.155. The molecule has 0 unspecified atom stereocenters. The van der Waals surface area contributed by atoms with E-state index in [0.717, 1.165) is 45.3 Å². The maximum atomic E-state index is 11.8. The molecule has 3 aromatic heterocycles. The number of rotatable bonds is 10. The average molecular weight is 578 g/mol. The summed E-state index contributed by atoms with van der Waals surface area (Å²) in [5.41, 5.74) is 5.32. The Labute approximate surface area is 249 Å². The van der Waals surface area contributed by atoms with Crippen molar-refractivity contribution in [1.29, 1.82) is 0 Å². The van der Waals surface area contributed by atoms with Gasteiger partial charge in [-0.2, -0.15) is 19.6 Å². The molecule has 1 amide bonds. The highest BCUT2D eigenvalue weighted by Gasteiger charge is 2.25. The molecule has 220 valence electrons. The van der Waals surface area contributed by atoms with Crippen LogP contribution in [0.5, 0.6) is 0 Å². The number of nitrogens with one attached hydrogen (secondary N) is 4. The van der Waals surface area contributed by atoms with E-state index in [0.29, 0.717) is 37.2 Å². The number of hydrogen-bond acceptors (Lipinski definition) is 9.